The number of hydrogen-bond acceptors (Lipinski definition) is 4. The van der Waals surface area contributed by atoms with E-state index in [1.807, 2.05) is 0 Å². The number of rotatable bonds is 2. The summed E-state index contributed by atoms with van der Waals surface area (Å²) >= 11 is 5.78. The van der Waals surface area contributed by atoms with E-state index in [1.54, 1.807) is 6.07 Å². The van der Waals surface area contributed by atoms with Gasteiger partial charge in [-0.3, -0.25) is 4.79 Å². The molecule has 4 nitrogen and oxygen atoms in total. The molecule has 0 bridgehead atoms. The highest BCUT2D eigenvalue weighted by Gasteiger charge is 2.08. The lowest BCUT2D eigenvalue weighted by atomic mass is 10.1. The van der Waals surface area contributed by atoms with Crippen LogP contribution in [0.25, 0.3) is 0 Å². The molecule has 5 heteroatoms. The van der Waals surface area contributed by atoms with Gasteiger partial charge < -0.3 is 16.2 Å². The second-order valence-corrected chi connectivity index (χ2v) is 3.23. The van der Waals surface area contributed by atoms with Crippen LogP contribution < -0.4 is 11.5 Å². The number of carbonyl (C=O) groups excluding carboxylic acids is 1. The number of methoxy groups -OCH3 is 1. The molecule has 0 unspecified atom stereocenters. The van der Waals surface area contributed by atoms with Gasteiger partial charge in [-0.05, 0) is 17.7 Å². The molecule has 1 aromatic carbocycles. The van der Waals surface area contributed by atoms with Crippen LogP contribution in [-0.2, 0) is 16.0 Å². The van der Waals surface area contributed by atoms with E-state index in [4.69, 9.17) is 23.1 Å². The van der Waals surface area contributed by atoms with Crippen LogP contribution in [0.2, 0.25) is 5.02 Å². The predicted octanol–water partition coefficient (Wildman–Crippen LogP) is 1.22. The van der Waals surface area contributed by atoms with Gasteiger partial charge in [0.15, 0.2) is 0 Å². The molecule has 0 aliphatic heterocycles. The maximum atomic E-state index is 11.0. The lowest BCUT2D eigenvalue weighted by molar-refractivity contribution is -0.139. The Bertz CT molecular complexity index is 366. The molecule has 0 aliphatic carbocycles. The summed E-state index contributed by atoms with van der Waals surface area (Å²) in [6.07, 6.45) is 0.0995. The zero-order chi connectivity index (χ0) is 10.7. The van der Waals surface area contributed by atoms with E-state index in [9.17, 15) is 4.79 Å². The third-order valence-corrected chi connectivity index (χ3v) is 2.15. The van der Waals surface area contributed by atoms with E-state index in [-0.39, 0.29) is 12.4 Å². The fraction of sp³-hybridized carbons (Fsp3) is 0.222. The number of esters is 1. The van der Waals surface area contributed by atoms with Crippen molar-refractivity contribution in [3.8, 4) is 0 Å². The quantitative estimate of drug-likeness (QED) is 0.573. The van der Waals surface area contributed by atoms with Gasteiger partial charge in [0.25, 0.3) is 0 Å². The molecule has 14 heavy (non-hydrogen) atoms. The van der Waals surface area contributed by atoms with Crippen LogP contribution in [0.5, 0.6) is 0 Å². The fourth-order valence-electron chi connectivity index (χ4n) is 1.03. The molecule has 0 atom stereocenters. The normalized spacial score (nSPS) is 9.86. The largest absolute Gasteiger partial charge is 0.469 e. The summed E-state index contributed by atoms with van der Waals surface area (Å²) in [5.74, 6) is -0.363. The second-order valence-electron chi connectivity index (χ2n) is 2.83. The van der Waals surface area contributed by atoms with Crippen molar-refractivity contribution in [2.24, 2.45) is 0 Å². The summed E-state index contributed by atoms with van der Waals surface area (Å²) in [5.41, 5.74) is 12.6. The molecule has 0 aromatic heterocycles. The first-order valence-electron chi connectivity index (χ1n) is 3.94. The SMILES string of the molecule is COC(=O)Cc1cc(Cl)c(N)cc1N. The Morgan fingerprint density at radius 2 is 2.07 bits per heavy atom. The summed E-state index contributed by atoms with van der Waals surface area (Å²) in [6, 6.07) is 3.10. The Morgan fingerprint density at radius 1 is 1.43 bits per heavy atom. The molecule has 0 aliphatic rings. The second kappa shape index (κ2) is 4.19. The molecule has 4 N–H and O–H groups in total. The standard InChI is InChI=1S/C9H11ClN2O2/c1-14-9(13)3-5-2-6(10)8(12)4-7(5)11/h2,4H,3,11-12H2,1H3. The zero-order valence-electron chi connectivity index (χ0n) is 7.71. The lowest BCUT2D eigenvalue weighted by Crippen LogP contribution is -2.07. The van der Waals surface area contributed by atoms with Crippen LogP contribution in [0.3, 0.4) is 0 Å². The highest BCUT2D eigenvalue weighted by Crippen LogP contribution is 2.25. The van der Waals surface area contributed by atoms with E-state index in [0.29, 0.717) is 22.0 Å². The molecule has 0 radical (unpaired) electrons. The van der Waals surface area contributed by atoms with Gasteiger partial charge in [0.1, 0.15) is 0 Å². The minimum absolute atomic E-state index is 0.0995. The molecule has 1 aromatic rings. The molecule has 76 valence electrons. The topological polar surface area (TPSA) is 78.3 Å². The number of benzene rings is 1. The summed E-state index contributed by atoms with van der Waals surface area (Å²) in [6.45, 7) is 0. The Hall–Kier alpha value is -1.42. The first kappa shape index (κ1) is 10.7. The summed E-state index contributed by atoms with van der Waals surface area (Å²) in [5, 5.41) is 0.387. The van der Waals surface area contributed by atoms with E-state index < -0.39 is 0 Å². The first-order chi connectivity index (χ1) is 6.54. The molecule has 0 saturated carbocycles. The Morgan fingerprint density at radius 3 is 2.64 bits per heavy atom. The van der Waals surface area contributed by atoms with Crippen molar-refractivity contribution in [2.75, 3.05) is 18.6 Å². The van der Waals surface area contributed by atoms with Crippen molar-refractivity contribution in [2.45, 2.75) is 6.42 Å². The third kappa shape index (κ3) is 2.29. The summed E-state index contributed by atoms with van der Waals surface area (Å²) in [7, 11) is 1.32. The molecular weight excluding hydrogens is 204 g/mol. The number of ether oxygens (including phenoxy) is 1. The Balaban J connectivity index is 2.98. The van der Waals surface area contributed by atoms with Crippen molar-refractivity contribution in [3.05, 3.63) is 22.7 Å². The van der Waals surface area contributed by atoms with Crippen LogP contribution in [-0.4, -0.2) is 13.1 Å². The zero-order valence-corrected chi connectivity index (χ0v) is 8.47. The van der Waals surface area contributed by atoms with Gasteiger partial charge in [-0.25, -0.2) is 0 Å². The highest BCUT2D eigenvalue weighted by molar-refractivity contribution is 6.33. The average Bonchev–Trinajstić information content (AvgIpc) is 2.14. The molecule has 1 rings (SSSR count). The maximum Gasteiger partial charge on any atom is 0.310 e. The number of nitrogens with two attached hydrogens (primary N) is 2. The summed E-state index contributed by atoms with van der Waals surface area (Å²) in [4.78, 5) is 11.0. The lowest BCUT2D eigenvalue weighted by Gasteiger charge is -2.06. The van der Waals surface area contributed by atoms with Crippen LogP contribution in [0.15, 0.2) is 12.1 Å². The van der Waals surface area contributed by atoms with Crippen LogP contribution >= 0.6 is 11.6 Å². The number of halogens is 1. The van der Waals surface area contributed by atoms with Crippen molar-refractivity contribution in [1.29, 1.82) is 0 Å². The van der Waals surface area contributed by atoms with E-state index in [1.165, 1.54) is 13.2 Å². The van der Waals surface area contributed by atoms with Gasteiger partial charge in [-0.2, -0.15) is 0 Å². The van der Waals surface area contributed by atoms with Gasteiger partial charge >= 0.3 is 5.97 Å². The highest BCUT2D eigenvalue weighted by atomic mass is 35.5. The minimum Gasteiger partial charge on any atom is -0.469 e. The number of nitrogen functional groups attached to an aromatic ring is 2. The molecular formula is C9H11ClN2O2. The van der Waals surface area contributed by atoms with Crippen molar-refractivity contribution in [1.82, 2.24) is 0 Å². The van der Waals surface area contributed by atoms with Crippen LogP contribution in [0.4, 0.5) is 11.4 Å². The van der Waals surface area contributed by atoms with Gasteiger partial charge in [0, 0.05) is 5.69 Å². The van der Waals surface area contributed by atoms with E-state index in [0.717, 1.165) is 0 Å². The Labute approximate surface area is 86.8 Å². The van der Waals surface area contributed by atoms with Gasteiger partial charge in [0.05, 0.1) is 24.2 Å². The molecule has 0 saturated heterocycles. The fourth-order valence-corrected chi connectivity index (χ4v) is 1.22. The van der Waals surface area contributed by atoms with E-state index >= 15 is 0 Å². The predicted molar refractivity (Wildman–Crippen MR) is 56.0 cm³/mol. The number of hydrogen-bond donors (Lipinski definition) is 2. The van der Waals surface area contributed by atoms with E-state index in [2.05, 4.69) is 4.74 Å². The van der Waals surface area contributed by atoms with Crippen molar-refractivity contribution < 1.29 is 9.53 Å². The smallest absolute Gasteiger partial charge is 0.310 e. The Kier molecular flexibility index (Phi) is 3.19. The first-order valence-corrected chi connectivity index (χ1v) is 4.32. The average molecular weight is 215 g/mol. The maximum absolute atomic E-state index is 11.0. The number of anilines is 2. The molecule has 0 spiro atoms. The molecule has 0 fully saturated rings. The van der Waals surface area contributed by atoms with Crippen LogP contribution in [0.1, 0.15) is 5.56 Å². The van der Waals surface area contributed by atoms with Crippen LogP contribution in [0, 0.1) is 0 Å². The summed E-state index contributed by atoms with van der Waals surface area (Å²) < 4.78 is 4.51. The van der Waals surface area contributed by atoms with Crippen molar-refractivity contribution >= 4 is 28.9 Å². The van der Waals surface area contributed by atoms with Gasteiger partial charge in [-0.15, -0.1) is 0 Å². The van der Waals surface area contributed by atoms with Gasteiger partial charge in [-0.1, -0.05) is 11.6 Å². The monoisotopic (exact) mass is 214 g/mol. The number of carbonyl (C=O) groups is 1. The van der Waals surface area contributed by atoms with Gasteiger partial charge in [0.2, 0.25) is 0 Å². The molecule has 0 amide bonds. The molecule has 0 heterocycles. The third-order valence-electron chi connectivity index (χ3n) is 1.82. The minimum atomic E-state index is -0.363. The van der Waals surface area contributed by atoms with Crippen molar-refractivity contribution in [3.63, 3.8) is 0 Å².